The Morgan fingerprint density at radius 2 is 2.31 bits per heavy atom. The number of aromatic amines is 1. The molecule has 2 heterocycles. The van der Waals surface area contributed by atoms with Crippen molar-refractivity contribution in [2.45, 2.75) is 39.7 Å². The second-order valence-electron chi connectivity index (χ2n) is 4.46. The van der Waals surface area contributed by atoms with Gasteiger partial charge in [0, 0.05) is 19.6 Å². The molecule has 0 spiro atoms. The summed E-state index contributed by atoms with van der Waals surface area (Å²) in [7, 11) is 0. The molecule has 16 heavy (non-hydrogen) atoms. The summed E-state index contributed by atoms with van der Waals surface area (Å²) in [5.74, 6) is 1.85. The first-order valence-corrected chi connectivity index (χ1v) is 6.57. The zero-order valence-electron chi connectivity index (χ0n) is 10.1. The van der Waals surface area contributed by atoms with Crippen LogP contribution in [0.2, 0.25) is 0 Å². The Labute approximate surface area is 102 Å². The van der Waals surface area contributed by atoms with Crippen LogP contribution in [-0.2, 0) is 6.54 Å². The van der Waals surface area contributed by atoms with Crippen LogP contribution in [0.1, 0.15) is 33.1 Å². The third kappa shape index (κ3) is 2.14. The fourth-order valence-electron chi connectivity index (χ4n) is 2.49. The molecule has 0 bridgehead atoms. The van der Waals surface area contributed by atoms with E-state index < -0.39 is 0 Å². The molecule has 90 valence electrons. The highest BCUT2D eigenvalue weighted by molar-refractivity contribution is 7.71. The van der Waals surface area contributed by atoms with Crippen molar-refractivity contribution < 1.29 is 0 Å². The van der Waals surface area contributed by atoms with Gasteiger partial charge in [0.05, 0.1) is 0 Å². The first-order chi connectivity index (χ1) is 7.76. The molecule has 4 nitrogen and oxygen atoms in total. The van der Waals surface area contributed by atoms with Crippen LogP contribution in [0.5, 0.6) is 0 Å². The lowest BCUT2D eigenvalue weighted by atomic mass is 10.0. The van der Waals surface area contributed by atoms with Crippen molar-refractivity contribution in [3.05, 3.63) is 4.77 Å². The normalized spacial score (nSPS) is 20.6. The zero-order chi connectivity index (χ0) is 11.5. The van der Waals surface area contributed by atoms with E-state index in [-0.39, 0.29) is 0 Å². The van der Waals surface area contributed by atoms with Crippen LogP contribution < -0.4 is 4.90 Å². The molecule has 1 aliphatic rings. The standard InChI is InChI=1S/C11H20N4S/c1-3-5-9-6-7-14(8-9)10-12-13-11(16)15(10)4-2/h9H,3-8H2,1-2H3,(H,13,16). The average molecular weight is 240 g/mol. The minimum atomic E-state index is 0.733. The quantitative estimate of drug-likeness (QED) is 0.822. The maximum Gasteiger partial charge on any atom is 0.225 e. The van der Waals surface area contributed by atoms with Crippen LogP contribution in [0, 0.1) is 10.7 Å². The summed E-state index contributed by atoms with van der Waals surface area (Å²) in [5, 5.41) is 7.22. The second-order valence-corrected chi connectivity index (χ2v) is 4.85. The van der Waals surface area contributed by atoms with Gasteiger partial charge in [0.25, 0.3) is 0 Å². The fourth-order valence-corrected chi connectivity index (χ4v) is 2.75. The minimum Gasteiger partial charge on any atom is -0.341 e. The molecule has 1 saturated heterocycles. The molecule has 0 amide bonds. The van der Waals surface area contributed by atoms with Gasteiger partial charge in [0.15, 0.2) is 4.77 Å². The number of nitrogens with one attached hydrogen (secondary N) is 1. The molecule has 1 N–H and O–H groups in total. The number of hydrogen-bond donors (Lipinski definition) is 1. The maximum absolute atomic E-state index is 5.21. The number of rotatable bonds is 4. The van der Waals surface area contributed by atoms with E-state index in [1.165, 1.54) is 19.3 Å². The summed E-state index contributed by atoms with van der Waals surface area (Å²) in [5.41, 5.74) is 0. The van der Waals surface area contributed by atoms with Crippen LogP contribution in [-0.4, -0.2) is 27.9 Å². The molecule has 1 atom stereocenters. The van der Waals surface area contributed by atoms with Gasteiger partial charge >= 0.3 is 0 Å². The lowest BCUT2D eigenvalue weighted by Crippen LogP contribution is -2.23. The van der Waals surface area contributed by atoms with Gasteiger partial charge in [-0.15, -0.1) is 5.10 Å². The summed E-state index contributed by atoms with van der Waals surface area (Å²) in [6, 6.07) is 0. The van der Waals surface area contributed by atoms with Crippen molar-refractivity contribution in [1.29, 1.82) is 0 Å². The molecule has 0 aliphatic carbocycles. The number of H-pyrrole nitrogens is 1. The van der Waals surface area contributed by atoms with Gasteiger partial charge in [-0.25, -0.2) is 5.10 Å². The summed E-state index contributed by atoms with van der Waals surface area (Å²) in [6.07, 6.45) is 3.89. The van der Waals surface area contributed by atoms with Crippen LogP contribution >= 0.6 is 12.2 Å². The third-order valence-electron chi connectivity index (χ3n) is 3.32. The molecular formula is C11H20N4S. The van der Waals surface area contributed by atoms with Crippen molar-refractivity contribution >= 4 is 18.2 Å². The summed E-state index contributed by atoms with van der Waals surface area (Å²) in [4.78, 5) is 2.36. The van der Waals surface area contributed by atoms with E-state index in [9.17, 15) is 0 Å². The number of hydrogen-bond acceptors (Lipinski definition) is 3. The Hall–Kier alpha value is -0.840. The van der Waals surface area contributed by atoms with Crippen molar-refractivity contribution in [1.82, 2.24) is 14.8 Å². The van der Waals surface area contributed by atoms with Crippen LogP contribution in [0.4, 0.5) is 5.95 Å². The number of aromatic nitrogens is 3. The molecule has 5 heteroatoms. The van der Waals surface area contributed by atoms with Gasteiger partial charge < -0.3 is 4.90 Å². The van der Waals surface area contributed by atoms with E-state index in [4.69, 9.17) is 12.2 Å². The number of nitrogens with zero attached hydrogens (tertiary/aromatic N) is 3. The topological polar surface area (TPSA) is 36.9 Å². The molecule has 1 aromatic rings. The molecular weight excluding hydrogens is 220 g/mol. The van der Waals surface area contributed by atoms with E-state index in [0.717, 1.165) is 36.3 Å². The maximum atomic E-state index is 5.21. The highest BCUT2D eigenvalue weighted by atomic mass is 32.1. The van der Waals surface area contributed by atoms with E-state index in [0.29, 0.717) is 0 Å². The van der Waals surface area contributed by atoms with Gasteiger partial charge in [-0.3, -0.25) is 4.57 Å². The van der Waals surface area contributed by atoms with E-state index in [1.54, 1.807) is 0 Å². The van der Waals surface area contributed by atoms with Crippen molar-refractivity contribution in [3.63, 3.8) is 0 Å². The van der Waals surface area contributed by atoms with Gasteiger partial charge in [0.1, 0.15) is 0 Å². The first kappa shape index (κ1) is 11.6. The molecule has 1 aliphatic heterocycles. The SMILES string of the molecule is CCCC1CCN(c2n[nH]c(=S)n2CC)C1. The Morgan fingerprint density at radius 1 is 1.50 bits per heavy atom. The average Bonchev–Trinajstić information content (AvgIpc) is 2.85. The zero-order valence-corrected chi connectivity index (χ0v) is 10.9. The smallest absolute Gasteiger partial charge is 0.225 e. The van der Waals surface area contributed by atoms with Gasteiger partial charge in [0.2, 0.25) is 5.95 Å². The first-order valence-electron chi connectivity index (χ1n) is 6.16. The lowest BCUT2D eigenvalue weighted by Gasteiger charge is -2.17. The summed E-state index contributed by atoms with van der Waals surface area (Å²) >= 11 is 5.21. The second kappa shape index (κ2) is 4.99. The van der Waals surface area contributed by atoms with E-state index in [1.807, 2.05) is 0 Å². The van der Waals surface area contributed by atoms with Gasteiger partial charge in [-0.2, -0.15) is 0 Å². The van der Waals surface area contributed by atoms with Crippen LogP contribution in [0.25, 0.3) is 0 Å². The van der Waals surface area contributed by atoms with E-state index in [2.05, 4.69) is 33.5 Å². The highest BCUT2D eigenvalue weighted by Gasteiger charge is 2.24. The molecule has 0 saturated carbocycles. The molecule has 0 radical (unpaired) electrons. The molecule has 1 aromatic heterocycles. The van der Waals surface area contributed by atoms with Crippen molar-refractivity contribution in [3.8, 4) is 0 Å². The molecule has 1 fully saturated rings. The summed E-state index contributed by atoms with van der Waals surface area (Å²) in [6.45, 7) is 7.50. The van der Waals surface area contributed by atoms with Gasteiger partial charge in [-0.05, 0) is 37.9 Å². The van der Waals surface area contributed by atoms with Crippen molar-refractivity contribution in [2.75, 3.05) is 18.0 Å². The molecule has 0 aromatic carbocycles. The molecule has 2 rings (SSSR count). The Bertz CT molecular complexity index is 395. The largest absolute Gasteiger partial charge is 0.341 e. The Kier molecular flexibility index (Phi) is 3.63. The predicted octanol–water partition coefficient (Wildman–Crippen LogP) is 2.59. The van der Waals surface area contributed by atoms with Crippen LogP contribution in [0.15, 0.2) is 0 Å². The lowest BCUT2D eigenvalue weighted by molar-refractivity contribution is 0.528. The van der Waals surface area contributed by atoms with Crippen molar-refractivity contribution in [2.24, 2.45) is 5.92 Å². The number of anilines is 1. The third-order valence-corrected chi connectivity index (χ3v) is 3.63. The monoisotopic (exact) mass is 240 g/mol. The van der Waals surface area contributed by atoms with Gasteiger partial charge in [-0.1, -0.05) is 13.3 Å². The predicted molar refractivity (Wildman–Crippen MR) is 68.3 cm³/mol. The van der Waals surface area contributed by atoms with Crippen LogP contribution in [0.3, 0.4) is 0 Å². The minimum absolute atomic E-state index is 0.733. The molecule has 1 unspecified atom stereocenters. The Balaban J connectivity index is 2.11. The fraction of sp³-hybridized carbons (Fsp3) is 0.818. The summed E-state index contributed by atoms with van der Waals surface area (Å²) < 4.78 is 2.81. The van der Waals surface area contributed by atoms with E-state index >= 15 is 0 Å². The Morgan fingerprint density at radius 3 is 3.00 bits per heavy atom. The highest BCUT2D eigenvalue weighted by Crippen LogP contribution is 2.25.